The molecule has 0 bridgehead atoms. The second-order valence-electron chi connectivity index (χ2n) is 6.91. The Morgan fingerprint density at radius 2 is 0.500 bits per heavy atom. The molecule has 0 nitrogen and oxygen atoms in total. The summed E-state index contributed by atoms with van der Waals surface area (Å²) in [7, 11) is 0. The van der Waals surface area contributed by atoms with Crippen molar-refractivity contribution in [2.45, 2.75) is 191 Å². The van der Waals surface area contributed by atoms with E-state index in [-0.39, 0.29) is 7.43 Å². The Labute approximate surface area is 237 Å². The highest BCUT2D eigenvalue weighted by atomic mass is 14.0. The van der Waals surface area contributed by atoms with Crippen LogP contribution in [0.25, 0.3) is 0 Å². The van der Waals surface area contributed by atoms with Crippen LogP contribution < -0.4 is 0 Å². The van der Waals surface area contributed by atoms with Crippen molar-refractivity contribution in [1.82, 2.24) is 0 Å². The van der Waals surface area contributed by atoms with E-state index < -0.39 is 0 Å². The van der Waals surface area contributed by atoms with Gasteiger partial charge in [-0.3, -0.25) is 0 Å². The summed E-state index contributed by atoms with van der Waals surface area (Å²) in [5.41, 5.74) is 5.57. The summed E-state index contributed by atoms with van der Waals surface area (Å²) in [6.07, 6.45) is 17.5. The van der Waals surface area contributed by atoms with Crippen molar-refractivity contribution in [2.24, 2.45) is 0 Å². The van der Waals surface area contributed by atoms with Crippen LogP contribution in [0.3, 0.4) is 0 Å². The van der Waals surface area contributed by atoms with Crippen LogP contribution in [0.4, 0.5) is 0 Å². The second-order valence-corrected chi connectivity index (χ2v) is 6.91. The largest absolute Gasteiger partial charge is 0.124 e. The van der Waals surface area contributed by atoms with Crippen LogP contribution in [-0.2, 0) is 0 Å². The maximum atomic E-state index is 4.00. The Morgan fingerprint density at radius 1 is 0.417 bits per heavy atom. The molecule has 1 saturated carbocycles. The van der Waals surface area contributed by atoms with E-state index >= 15 is 0 Å². The third-order valence-electron chi connectivity index (χ3n) is 2.46. The molecule has 1 aliphatic carbocycles. The molecule has 0 aromatic heterocycles. The summed E-state index contributed by atoms with van der Waals surface area (Å²) < 4.78 is 0. The van der Waals surface area contributed by atoms with E-state index in [0.717, 1.165) is 0 Å². The van der Waals surface area contributed by atoms with Crippen LogP contribution in [0.2, 0.25) is 0 Å². The Kier molecular flexibility index (Phi) is 167. The number of rotatable bonds is 0. The average Bonchev–Trinajstić information content (AvgIpc) is 3.76. The lowest BCUT2D eigenvalue weighted by Crippen LogP contribution is -1.86. The average molecular weight is 515 g/mol. The zero-order valence-electron chi connectivity index (χ0n) is 29.3. The van der Waals surface area contributed by atoms with E-state index in [0.29, 0.717) is 0 Å². The van der Waals surface area contributed by atoms with E-state index in [2.05, 4.69) is 108 Å². The predicted molar refractivity (Wildman–Crippen MR) is 185 cm³/mol. The summed E-state index contributed by atoms with van der Waals surface area (Å²) in [6, 6.07) is 4.48. The van der Waals surface area contributed by atoms with Crippen molar-refractivity contribution in [3.05, 3.63) is 34.4 Å². The van der Waals surface area contributed by atoms with Crippen molar-refractivity contribution in [2.75, 3.05) is 0 Å². The van der Waals surface area contributed by atoms with Gasteiger partial charge in [0.1, 0.15) is 0 Å². The first kappa shape index (κ1) is 64.6. The molecule has 0 spiro atoms. The minimum absolute atomic E-state index is 0. The third kappa shape index (κ3) is 133. The zero-order valence-corrected chi connectivity index (χ0v) is 29.3. The van der Waals surface area contributed by atoms with Crippen LogP contribution in [0, 0.1) is 40.5 Å². The molecule has 0 heteroatoms. The Bertz CT molecular complexity index is 308. The van der Waals surface area contributed by atoms with Crippen LogP contribution in [0.15, 0.2) is 12.1 Å². The lowest BCUT2D eigenvalue weighted by atomic mass is 10.0. The highest BCUT2D eigenvalue weighted by Crippen LogP contribution is 2.15. The van der Waals surface area contributed by atoms with Gasteiger partial charge >= 0.3 is 0 Å². The monoisotopic (exact) mass is 515 g/mol. The number of hydrogen-bond donors (Lipinski definition) is 0. The second kappa shape index (κ2) is 92.8. The molecular formula is C36H82. The molecule has 36 heavy (non-hydrogen) atoms. The molecule has 0 N–H and O–H groups in total. The quantitative estimate of drug-likeness (QED) is 0.302. The highest BCUT2D eigenvalue weighted by Gasteiger charge is 1.95. The Hall–Kier alpha value is -1.22. The van der Waals surface area contributed by atoms with E-state index in [4.69, 9.17) is 0 Å². The number of terminal acetylenes is 1. The summed E-state index contributed by atoms with van der Waals surface area (Å²) in [5, 5.41) is 0. The minimum atomic E-state index is 0. The fourth-order valence-corrected chi connectivity index (χ4v) is 1.10. The van der Waals surface area contributed by atoms with Gasteiger partial charge in [-0.05, 0) is 49.9 Å². The lowest BCUT2D eigenvalue weighted by molar-refractivity contribution is 1.09. The first-order valence-corrected chi connectivity index (χ1v) is 15.1. The Balaban J connectivity index is -0.0000000281. The van der Waals surface area contributed by atoms with Gasteiger partial charge < -0.3 is 0 Å². The molecule has 0 atom stereocenters. The third-order valence-corrected chi connectivity index (χ3v) is 2.46. The van der Waals surface area contributed by atoms with Crippen molar-refractivity contribution in [3.63, 3.8) is 0 Å². The minimum Gasteiger partial charge on any atom is -0.124 e. The molecular weight excluding hydrogens is 432 g/mol. The molecule has 1 aromatic rings. The molecule has 1 aliphatic rings. The van der Waals surface area contributed by atoms with Crippen molar-refractivity contribution < 1.29 is 0 Å². The predicted octanol–water partition coefficient (Wildman–Crippen LogP) is 14.7. The highest BCUT2D eigenvalue weighted by molar-refractivity contribution is 5.35. The van der Waals surface area contributed by atoms with Gasteiger partial charge in [-0.1, -0.05) is 175 Å². The molecule has 0 unspecified atom stereocenters. The van der Waals surface area contributed by atoms with Gasteiger partial charge in [-0.25, -0.2) is 0 Å². The molecule has 2 rings (SSSR count). The van der Waals surface area contributed by atoms with E-state index in [1.165, 1.54) is 67.2 Å². The molecule has 1 aromatic carbocycles. The number of hydrogen-bond acceptors (Lipinski definition) is 0. The summed E-state index contributed by atoms with van der Waals surface area (Å²) in [4.78, 5) is 0. The van der Waals surface area contributed by atoms with Gasteiger partial charge in [-0.2, -0.15) is 0 Å². The smallest absolute Gasteiger partial charge is 0.0395 e. The van der Waals surface area contributed by atoms with E-state index in [9.17, 15) is 0 Å². The zero-order chi connectivity index (χ0) is 30.7. The molecule has 226 valence electrons. The molecule has 0 saturated heterocycles. The molecule has 1 fully saturated rings. The van der Waals surface area contributed by atoms with Gasteiger partial charge in [0.05, 0.1) is 0 Å². The molecule has 0 heterocycles. The number of aryl methyl sites for hydroxylation is 4. The van der Waals surface area contributed by atoms with Gasteiger partial charge in [0.15, 0.2) is 0 Å². The SMILES string of the molecule is C.C#C.C1CC1.CC.CC.CC.CC.CCC.CCC.CCC.CCC.Cc1cc(C)c(C)cc1C. The van der Waals surface area contributed by atoms with Gasteiger partial charge in [-0.15, -0.1) is 12.8 Å². The van der Waals surface area contributed by atoms with E-state index in [1.807, 2.05) is 55.4 Å². The summed E-state index contributed by atoms with van der Waals surface area (Å²) in [6.45, 7) is 41.6. The lowest BCUT2D eigenvalue weighted by Gasteiger charge is -2.04. The van der Waals surface area contributed by atoms with Crippen LogP contribution in [-0.4, -0.2) is 0 Å². The summed E-state index contributed by atoms with van der Waals surface area (Å²) in [5.74, 6) is 0. The standard InChI is InChI=1S/C10H14.C3H6.4C3H8.4C2H6.C2H2.CH4/c1-7-5-9(3)10(4)6-8(7)2;1-2-3-1;4*1-3-2;5*1-2;/h5-6H,1-4H3;1-3H2;4*3H2,1-2H3;4*1-2H3;1-2H;1H4. The van der Waals surface area contributed by atoms with Gasteiger partial charge in [0, 0.05) is 0 Å². The van der Waals surface area contributed by atoms with Crippen molar-refractivity contribution >= 4 is 0 Å². The van der Waals surface area contributed by atoms with Gasteiger partial charge in [0.25, 0.3) is 0 Å². The van der Waals surface area contributed by atoms with Gasteiger partial charge in [0.2, 0.25) is 0 Å². The van der Waals surface area contributed by atoms with Crippen molar-refractivity contribution in [3.8, 4) is 12.8 Å². The normalized spacial score (nSPS) is 7.50. The fourth-order valence-electron chi connectivity index (χ4n) is 1.10. The topological polar surface area (TPSA) is 0 Å². The van der Waals surface area contributed by atoms with Crippen LogP contribution in [0.1, 0.15) is 185 Å². The first-order valence-electron chi connectivity index (χ1n) is 15.1. The van der Waals surface area contributed by atoms with Crippen LogP contribution in [0.5, 0.6) is 0 Å². The van der Waals surface area contributed by atoms with Crippen molar-refractivity contribution in [1.29, 1.82) is 0 Å². The number of benzene rings is 1. The van der Waals surface area contributed by atoms with E-state index in [1.54, 1.807) is 0 Å². The molecule has 0 aliphatic heterocycles. The maximum absolute atomic E-state index is 4.00. The summed E-state index contributed by atoms with van der Waals surface area (Å²) >= 11 is 0. The molecule has 0 radical (unpaired) electrons. The first-order chi connectivity index (χ1) is 16.8. The fraction of sp³-hybridized carbons (Fsp3) is 0.778. The Morgan fingerprint density at radius 3 is 0.556 bits per heavy atom. The van der Waals surface area contributed by atoms with Crippen LogP contribution >= 0.6 is 0 Å². The molecule has 0 amide bonds. The maximum Gasteiger partial charge on any atom is -0.0395 e.